The van der Waals surface area contributed by atoms with Gasteiger partial charge < -0.3 is 24.4 Å². The van der Waals surface area contributed by atoms with Crippen molar-refractivity contribution in [2.45, 2.75) is 12.0 Å². The van der Waals surface area contributed by atoms with Gasteiger partial charge in [-0.15, -0.1) is 0 Å². The normalized spacial score (nSPS) is 17.1. The van der Waals surface area contributed by atoms with E-state index < -0.39 is 23.7 Å². The Hall–Kier alpha value is -4.07. The summed E-state index contributed by atoms with van der Waals surface area (Å²) in [6, 6.07) is 15.3. The van der Waals surface area contributed by atoms with Crippen molar-refractivity contribution in [2.75, 3.05) is 33.7 Å². The second-order valence-corrected chi connectivity index (χ2v) is 7.88. The summed E-state index contributed by atoms with van der Waals surface area (Å²) in [5.74, 6) is -0.893. The number of hydrogen-bond acceptors (Lipinski definition) is 5. The summed E-state index contributed by atoms with van der Waals surface area (Å²) in [7, 11) is 6.04. The van der Waals surface area contributed by atoms with Gasteiger partial charge in [0.15, 0.2) is 11.5 Å². The highest BCUT2D eigenvalue weighted by Gasteiger charge is 2.44. The number of rotatable bonds is 6. The second kappa shape index (κ2) is 9.43. The summed E-state index contributed by atoms with van der Waals surface area (Å²) < 4.78 is 31.0. The number of hydrogen-bond donors (Lipinski definition) is 1. The summed E-state index contributed by atoms with van der Waals surface area (Å²) in [4.78, 5) is 28.5. The molecule has 1 aliphatic rings. The maximum absolute atomic E-state index is 14.9. The zero-order valence-electron chi connectivity index (χ0n) is 19.3. The quantitative estimate of drug-likeness (QED) is 0.585. The van der Waals surface area contributed by atoms with Gasteiger partial charge in [0, 0.05) is 29.9 Å². The monoisotopic (exact) mass is 464 g/mol. The van der Waals surface area contributed by atoms with Crippen LogP contribution >= 0.6 is 0 Å². The Balaban J connectivity index is 1.89. The van der Waals surface area contributed by atoms with Crippen LogP contribution in [0.4, 0.5) is 10.1 Å². The van der Waals surface area contributed by atoms with E-state index in [1.165, 1.54) is 32.3 Å². The van der Waals surface area contributed by atoms with Gasteiger partial charge in [-0.3, -0.25) is 9.59 Å². The van der Waals surface area contributed by atoms with Crippen molar-refractivity contribution in [3.05, 3.63) is 83.2 Å². The number of carbonyl (C=O) groups is 2. The molecule has 3 aromatic rings. The number of nitrogens with zero attached hydrogens (tertiary/aromatic N) is 1. The van der Waals surface area contributed by atoms with Crippen LogP contribution in [-0.4, -0.2) is 45.1 Å². The van der Waals surface area contributed by atoms with Crippen LogP contribution in [0.3, 0.4) is 0 Å². The van der Waals surface area contributed by atoms with E-state index in [1.54, 1.807) is 61.6 Å². The molecule has 176 valence electrons. The zero-order valence-corrected chi connectivity index (χ0v) is 19.3. The molecular weight excluding hydrogens is 439 g/mol. The van der Waals surface area contributed by atoms with Gasteiger partial charge in [-0.05, 0) is 35.9 Å². The van der Waals surface area contributed by atoms with Gasteiger partial charge in [-0.1, -0.05) is 24.3 Å². The van der Waals surface area contributed by atoms with Crippen molar-refractivity contribution >= 4 is 17.5 Å². The summed E-state index contributed by atoms with van der Waals surface area (Å²) in [6.45, 7) is 0. The van der Waals surface area contributed by atoms with E-state index in [4.69, 9.17) is 14.2 Å². The fourth-order valence-corrected chi connectivity index (χ4v) is 4.36. The number of ether oxygens (including phenoxy) is 3. The maximum Gasteiger partial charge on any atom is 0.254 e. The lowest BCUT2D eigenvalue weighted by atomic mass is 9.79. The second-order valence-electron chi connectivity index (χ2n) is 7.88. The molecule has 34 heavy (non-hydrogen) atoms. The Morgan fingerprint density at radius 1 is 0.912 bits per heavy atom. The molecular formula is C26H25FN2O5. The molecule has 0 fully saturated rings. The van der Waals surface area contributed by atoms with Gasteiger partial charge >= 0.3 is 0 Å². The highest BCUT2D eigenvalue weighted by atomic mass is 19.1. The molecule has 1 heterocycles. The van der Waals surface area contributed by atoms with Crippen LogP contribution in [0.2, 0.25) is 0 Å². The summed E-state index contributed by atoms with van der Waals surface area (Å²) in [6.07, 6.45) is 0. The van der Waals surface area contributed by atoms with Crippen molar-refractivity contribution in [1.29, 1.82) is 0 Å². The minimum Gasteiger partial charge on any atom is -0.497 e. The molecule has 2 atom stereocenters. The number of methoxy groups -OCH3 is 3. The first-order valence-corrected chi connectivity index (χ1v) is 10.6. The summed E-state index contributed by atoms with van der Waals surface area (Å²) in [5, 5.41) is 2.90. The lowest BCUT2D eigenvalue weighted by molar-refractivity contribution is -0.119. The summed E-state index contributed by atoms with van der Waals surface area (Å²) >= 11 is 0. The minimum absolute atomic E-state index is 0.240. The van der Waals surface area contributed by atoms with E-state index in [1.807, 2.05) is 0 Å². The van der Waals surface area contributed by atoms with Crippen LogP contribution in [0.15, 0.2) is 60.7 Å². The average molecular weight is 464 g/mol. The molecule has 1 aliphatic heterocycles. The van der Waals surface area contributed by atoms with E-state index >= 15 is 0 Å². The SMILES string of the molecule is COc1cccc(NC(=O)[C@@H]2c3cc(OC)c(OC)cc3C(=O)N(C)[C@H]2c2ccccc2F)c1. The van der Waals surface area contributed by atoms with Crippen LogP contribution < -0.4 is 19.5 Å². The predicted molar refractivity (Wildman–Crippen MR) is 125 cm³/mol. The smallest absolute Gasteiger partial charge is 0.254 e. The van der Waals surface area contributed by atoms with Crippen molar-refractivity contribution in [1.82, 2.24) is 4.90 Å². The van der Waals surface area contributed by atoms with Crippen LogP contribution in [0.5, 0.6) is 17.2 Å². The molecule has 0 radical (unpaired) electrons. The fraction of sp³-hybridized carbons (Fsp3) is 0.231. The molecule has 4 rings (SSSR count). The number of nitrogens with one attached hydrogen (secondary N) is 1. The lowest BCUT2D eigenvalue weighted by Crippen LogP contribution is -2.44. The molecule has 0 spiro atoms. The third kappa shape index (κ3) is 4.03. The maximum atomic E-state index is 14.9. The molecule has 2 amide bonds. The van der Waals surface area contributed by atoms with Crippen molar-refractivity contribution in [3.8, 4) is 17.2 Å². The van der Waals surface area contributed by atoms with Crippen molar-refractivity contribution in [3.63, 3.8) is 0 Å². The molecule has 0 bridgehead atoms. The number of anilines is 1. The molecule has 3 aromatic carbocycles. The number of carbonyl (C=O) groups excluding carboxylic acids is 2. The van der Waals surface area contributed by atoms with Gasteiger partial charge in [0.05, 0.1) is 33.3 Å². The number of fused-ring (bicyclic) bond motifs is 1. The number of halogens is 1. The van der Waals surface area contributed by atoms with Gasteiger partial charge in [0.1, 0.15) is 11.6 Å². The first kappa shape index (κ1) is 23.1. The van der Waals surface area contributed by atoms with E-state index in [-0.39, 0.29) is 11.5 Å². The molecule has 0 saturated carbocycles. The van der Waals surface area contributed by atoms with Crippen molar-refractivity contribution < 1.29 is 28.2 Å². The van der Waals surface area contributed by atoms with E-state index in [9.17, 15) is 14.0 Å². The standard InChI is InChI=1S/C26H25FN2O5/c1-29-24(17-10-5-6-11-20(17)27)23(25(30)28-15-8-7-9-16(12-15)32-2)18-13-21(33-3)22(34-4)14-19(18)26(29)31/h5-14,23-24H,1-4H3,(H,28,30)/t23-,24+/m1/s1. The van der Waals surface area contributed by atoms with Gasteiger partial charge in [0.2, 0.25) is 5.91 Å². The number of likely N-dealkylation sites (N-methyl/N-ethyl adjacent to an activating group) is 1. The molecule has 0 aromatic heterocycles. The third-order valence-electron chi connectivity index (χ3n) is 6.02. The van der Waals surface area contributed by atoms with Gasteiger partial charge in [-0.25, -0.2) is 4.39 Å². The average Bonchev–Trinajstić information content (AvgIpc) is 2.85. The highest BCUT2D eigenvalue weighted by molar-refractivity contribution is 6.05. The zero-order chi connectivity index (χ0) is 24.4. The molecule has 0 unspecified atom stereocenters. The van der Waals surface area contributed by atoms with E-state index in [0.717, 1.165) is 0 Å². The van der Waals surface area contributed by atoms with Crippen molar-refractivity contribution in [2.24, 2.45) is 0 Å². The van der Waals surface area contributed by atoms with Gasteiger partial charge in [-0.2, -0.15) is 0 Å². The first-order chi connectivity index (χ1) is 16.4. The summed E-state index contributed by atoms with van der Waals surface area (Å²) in [5.41, 5.74) is 1.47. The number of amides is 2. The Kier molecular flexibility index (Phi) is 6.40. The topological polar surface area (TPSA) is 77.1 Å². The minimum atomic E-state index is -0.930. The Morgan fingerprint density at radius 2 is 1.62 bits per heavy atom. The van der Waals surface area contributed by atoms with Crippen LogP contribution in [0.25, 0.3) is 0 Å². The molecule has 8 heteroatoms. The lowest BCUT2D eigenvalue weighted by Gasteiger charge is -2.40. The highest BCUT2D eigenvalue weighted by Crippen LogP contribution is 2.46. The third-order valence-corrected chi connectivity index (χ3v) is 6.02. The van der Waals surface area contributed by atoms with Crippen LogP contribution in [0, 0.1) is 5.82 Å². The molecule has 0 saturated heterocycles. The van der Waals surface area contributed by atoms with E-state index in [0.29, 0.717) is 34.1 Å². The molecule has 0 aliphatic carbocycles. The van der Waals surface area contributed by atoms with Crippen LogP contribution in [0.1, 0.15) is 33.4 Å². The van der Waals surface area contributed by atoms with Crippen LogP contribution in [-0.2, 0) is 4.79 Å². The number of benzene rings is 3. The Bertz CT molecular complexity index is 1250. The fourth-order valence-electron chi connectivity index (χ4n) is 4.36. The van der Waals surface area contributed by atoms with E-state index in [2.05, 4.69) is 5.32 Å². The Morgan fingerprint density at radius 3 is 2.29 bits per heavy atom. The first-order valence-electron chi connectivity index (χ1n) is 10.6. The Labute approximate surface area is 197 Å². The molecule has 7 nitrogen and oxygen atoms in total. The van der Waals surface area contributed by atoms with Gasteiger partial charge in [0.25, 0.3) is 5.91 Å². The largest absolute Gasteiger partial charge is 0.497 e. The molecule has 1 N–H and O–H groups in total. The predicted octanol–water partition coefficient (Wildman–Crippen LogP) is 4.40.